The molecule has 4 aliphatic heterocycles. The third-order valence-corrected chi connectivity index (χ3v) is 11.0. The molecule has 2 aromatic carbocycles. The van der Waals surface area contributed by atoms with Crippen LogP contribution in [0.2, 0.25) is 0 Å². The summed E-state index contributed by atoms with van der Waals surface area (Å²) in [6.07, 6.45) is -2.77. The Bertz CT molecular complexity index is 2410. The molecule has 0 unspecified atom stereocenters. The fraction of sp³-hybridized carbons (Fsp3) is 0.450. The van der Waals surface area contributed by atoms with Crippen LogP contribution in [-0.2, 0) is 42.2 Å². The van der Waals surface area contributed by atoms with Crippen LogP contribution in [-0.4, -0.2) is 164 Å². The first kappa shape index (κ1) is 43.1. The van der Waals surface area contributed by atoms with Crippen LogP contribution in [0, 0.1) is 21.0 Å². The predicted molar refractivity (Wildman–Crippen MR) is 223 cm³/mol. The number of aryl methyl sites for hydroxylation is 1. The maximum Gasteiger partial charge on any atom is 0.296 e. The second-order valence-electron chi connectivity index (χ2n) is 15.0. The van der Waals surface area contributed by atoms with Gasteiger partial charge in [0.2, 0.25) is 35.7 Å². The fourth-order valence-corrected chi connectivity index (χ4v) is 7.67. The number of hydrogen-bond acceptors (Lipinski definition) is 16. The molecular formula is C40H48F2N16O2Y-2. The number of alkyl halides is 2. The van der Waals surface area contributed by atoms with Crippen LogP contribution in [0.5, 0.6) is 0 Å². The first-order valence-electron chi connectivity index (χ1n) is 20.3. The molecule has 0 N–H and O–H groups in total. The number of hydrogen-bond donors (Lipinski definition) is 0. The molecule has 0 aliphatic carbocycles. The minimum absolute atomic E-state index is 0. The zero-order valence-electron chi connectivity index (χ0n) is 34.2. The van der Waals surface area contributed by atoms with E-state index in [0.29, 0.717) is 93.4 Å². The molecule has 1 radical (unpaired) electrons. The standard InChI is InChI=1S/C20H23F2N8O.C20H25N8O.Y/c1-27-6-8-28(9-7-27)18-24-19(29-10-12-31-13-11-29)26-20(25-18)30-15-5-3-2-4-14(15)23-17(30)16(21)22;1-15-21-16-5-3-4-6-17(16)28(15)20-23-18(26-9-7-25(2)8-10-26)22-19(24-20)27-11-13-29-14-12-27;/h2-5,16H,1,6-13H2;3-6H,2,7-14H2,1H3;/q2*-1;. The van der Waals surface area contributed by atoms with Crippen molar-refractivity contribution >= 4 is 45.9 Å². The Labute approximate surface area is 377 Å². The monoisotopic (exact) mass is 911 g/mol. The number of fused-ring (bicyclic) bond motifs is 2. The van der Waals surface area contributed by atoms with Crippen molar-refractivity contribution in [3.05, 3.63) is 74.3 Å². The van der Waals surface area contributed by atoms with E-state index in [-0.39, 0.29) is 44.5 Å². The van der Waals surface area contributed by atoms with E-state index in [1.54, 1.807) is 24.3 Å². The molecule has 10 rings (SSSR count). The maximum atomic E-state index is 13.9. The Morgan fingerprint density at radius 3 is 1.28 bits per heavy atom. The molecule has 8 heterocycles. The number of benzene rings is 2. The van der Waals surface area contributed by atoms with Crippen molar-refractivity contribution in [1.82, 2.24) is 58.8 Å². The molecule has 0 bridgehead atoms. The van der Waals surface area contributed by atoms with Gasteiger partial charge in [-0.1, -0.05) is 24.3 Å². The Balaban J connectivity index is 0.000000166. The van der Waals surface area contributed by atoms with Crippen molar-refractivity contribution in [1.29, 1.82) is 0 Å². The summed E-state index contributed by atoms with van der Waals surface area (Å²) in [6, 6.07) is 15.1. The Kier molecular flexibility index (Phi) is 13.6. The normalized spacial score (nSPS) is 18.1. The Morgan fingerprint density at radius 1 is 0.475 bits per heavy atom. The number of morpholine rings is 2. The smallest absolute Gasteiger partial charge is 0.296 e. The van der Waals surface area contributed by atoms with Crippen molar-refractivity contribution in [2.75, 3.05) is 125 Å². The summed E-state index contributed by atoms with van der Waals surface area (Å²) in [7, 11) is 8.02. The SMILES string of the molecule is [CH2-]N1CCN(c2nc(N3CCOCC3)nc(-n3c(C(F)F)nc4ccccc43)n2)CC1.[CH2-]N1CCN(c2nc(N3CCOCC3)nc(-n3c(C)nc4ccccc43)n2)CC1.[Y]. The maximum absolute atomic E-state index is 13.9. The Morgan fingerprint density at radius 2 is 0.836 bits per heavy atom. The predicted octanol–water partition coefficient (Wildman–Crippen LogP) is 3.16. The topological polar surface area (TPSA) is 151 Å². The van der Waals surface area contributed by atoms with Crippen molar-refractivity contribution in [3.63, 3.8) is 0 Å². The van der Waals surface area contributed by atoms with Crippen molar-refractivity contribution < 1.29 is 51.0 Å². The van der Waals surface area contributed by atoms with Crippen LogP contribution in [0.4, 0.5) is 32.6 Å². The quantitative estimate of drug-likeness (QED) is 0.216. The van der Waals surface area contributed by atoms with E-state index in [2.05, 4.69) is 59.8 Å². The number of piperazine rings is 2. The van der Waals surface area contributed by atoms with E-state index in [4.69, 9.17) is 24.4 Å². The van der Waals surface area contributed by atoms with Crippen LogP contribution >= 0.6 is 0 Å². The van der Waals surface area contributed by atoms with Crippen LogP contribution in [0.3, 0.4) is 0 Å². The Hall–Kier alpha value is -4.60. The fourth-order valence-electron chi connectivity index (χ4n) is 7.67. The van der Waals surface area contributed by atoms with E-state index in [1.165, 1.54) is 4.57 Å². The molecule has 0 saturated carbocycles. The average Bonchev–Trinajstić information content (AvgIpc) is 3.85. The van der Waals surface area contributed by atoms with Crippen molar-refractivity contribution in [3.8, 4) is 11.9 Å². The van der Waals surface area contributed by atoms with E-state index >= 15 is 0 Å². The second-order valence-corrected chi connectivity index (χ2v) is 15.0. The number of aromatic nitrogens is 10. The summed E-state index contributed by atoms with van der Waals surface area (Å²) in [5, 5.41) is 0. The van der Waals surface area contributed by atoms with Crippen LogP contribution in [0.25, 0.3) is 34.0 Å². The van der Waals surface area contributed by atoms with Gasteiger partial charge in [0.1, 0.15) is 5.82 Å². The van der Waals surface area contributed by atoms with Gasteiger partial charge in [0.05, 0.1) is 48.5 Å². The van der Waals surface area contributed by atoms with E-state index in [1.807, 2.05) is 44.4 Å². The average molecular weight is 912 g/mol. The zero-order valence-corrected chi connectivity index (χ0v) is 37.1. The largest absolute Gasteiger partial charge is 0.456 e. The first-order valence-corrected chi connectivity index (χ1v) is 20.3. The molecule has 61 heavy (non-hydrogen) atoms. The molecule has 319 valence electrons. The summed E-state index contributed by atoms with van der Waals surface area (Å²) >= 11 is 0. The number of nitrogens with zero attached hydrogens (tertiary/aromatic N) is 16. The molecule has 4 saturated heterocycles. The summed E-state index contributed by atoms with van der Waals surface area (Å²) in [6.45, 7) is 13.7. The number of halogens is 2. The molecule has 0 amide bonds. The van der Waals surface area contributed by atoms with E-state index in [9.17, 15) is 8.78 Å². The number of imidazole rings is 2. The van der Waals surface area contributed by atoms with Gasteiger partial charge in [-0.15, -0.1) is 0 Å². The molecular weight excluding hydrogens is 863 g/mol. The van der Waals surface area contributed by atoms with Gasteiger partial charge in [0.25, 0.3) is 6.43 Å². The number of rotatable bonds is 7. The third kappa shape index (κ3) is 9.44. The van der Waals surface area contributed by atoms with Gasteiger partial charge in [-0.3, -0.25) is 23.2 Å². The molecule has 18 nitrogen and oxygen atoms in total. The number of para-hydroxylation sites is 4. The summed E-state index contributed by atoms with van der Waals surface area (Å²) < 4.78 is 42.1. The molecule has 0 spiro atoms. The molecule has 4 aromatic heterocycles. The number of anilines is 4. The summed E-state index contributed by atoms with van der Waals surface area (Å²) in [5.41, 5.74) is 2.94. The molecule has 4 aliphatic rings. The molecule has 4 fully saturated rings. The summed E-state index contributed by atoms with van der Waals surface area (Å²) in [5.74, 6) is 3.57. The third-order valence-electron chi connectivity index (χ3n) is 11.0. The van der Waals surface area contributed by atoms with Crippen molar-refractivity contribution in [2.24, 2.45) is 0 Å². The van der Waals surface area contributed by atoms with Gasteiger partial charge < -0.3 is 38.9 Å². The summed E-state index contributed by atoms with van der Waals surface area (Å²) in [4.78, 5) is 49.7. The van der Waals surface area contributed by atoms with Crippen LogP contribution in [0.1, 0.15) is 18.1 Å². The van der Waals surface area contributed by atoms with Gasteiger partial charge >= 0.3 is 0 Å². The first-order chi connectivity index (χ1) is 29.3. The van der Waals surface area contributed by atoms with Gasteiger partial charge in [-0.05, 0) is 57.4 Å². The molecule has 21 heteroatoms. The number of ether oxygens (including phenoxy) is 2. The van der Waals surface area contributed by atoms with E-state index in [0.717, 1.165) is 69.2 Å². The van der Waals surface area contributed by atoms with Crippen LogP contribution < -0.4 is 19.6 Å². The van der Waals surface area contributed by atoms with Gasteiger partial charge in [-0.2, -0.15) is 29.9 Å². The van der Waals surface area contributed by atoms with Crippen molar-refractivity contribution in [2.45, 2.75) is 13.3 Å². The van der Waals surface area contributed by atoms with E-state index < -0.39 is 6.43 Å². The van der Waals surface area contributed by atoms with Gasteiger partial charge in [-0.25, -0.2) is 18.7 Å². The molecule has 0 atom stereocenters. The second kappa shape index (κ2) is 19.2. The zero-order chi connectivity index (χ0) is 41.2. The minimum atomic E-state index is -2.77. The van der Waals surface area contributed by atoms with Gasteiger partial charge in [0.15, 0.2) is 5.82 Å². The van der Waals surface area contributed by atoms with Crippen LogP contribution in [0.15, 0.2) is 48.5 Å². The van der Waals surface area contributed by atoms with Gasteiger partial charge in [0, 0.05) is 85.1 Å². The minimum Gasteiger partial charge on any atom is -0.456 e. The molecule has 6 aromatic rings.